The van der Waals surface area contributed by atoms with E-state index in [-0.39, 0.29) is 5.75 Å². The maximum atomic E-state index is 11.1. The Morgan fingerprint density at radius 2 is 2.11 bits per heavy atom. The van der Waals surface area contributed by atoms with Crippen molar-refractivity contribution in [2.24, 2.45) is 11.7 Å². The second-order valence-corrected chi connectivity index (χ2v) is 7.40. The molecule has 0 fully saturated rings. The minimum absolute atomic E-state index is 0.235. The van der Waals surface area contributed by atoms with Gasteiger partial charge in [-0.1, -0.05) is 23.7 Å². The zero-order valence-electron chi connectivity index (χ0n) is 10.6. The van der Waals surface area contributed by atoms with Gasteiger partial charge in [0.05, 0.1) is 0 Å². The van der Waals surface area contributed by atoms with E-state index in [4.69, 9.17) is 17.3 Å². The zero-order chi connectivity index (χ0) is 13.6. The lowest BCUT2D eigenvalue weighted by Crippen LogP contribution is -2.18. The quantitative estimate of drug-likeness (QED) is 0.838. The van der Waals surface area contributed by atoms with Gasteiger partial charge in [0.25, 0.3) is 0 Å². The van der Waals surface area contributed by atoms with Gasteiger partial charge in [0, 0.05) is 17.0 Å². The van der Waals surface area contributed by atoms with Gasteiger partial charge in [-0.2, -0.15) is 0 Å². The van der Waals surface area contributed by atoms with Crippen molar-refractivity contribution in [1.82, 2.24) is 0 Å². The lowest BCUT2D eigenvalue weighted by molar-refractivity contribution is 0.486. The van der Waals surface area contributed by atoms with Crippen molar-refractivity contribution in [2.45, 2.75) is 19.3 Å². The molecule has 0 saturated heterocycles. The molecule has 1 rings (SSSR count). The molecule has 18 heavy (non-hydrogen) atoms. The molecule has 0 aliphatic rings. The molecule has 102 valence electrons. The molecular weight excluding hydrogens is 270 g/mol. The smallest absolute Gasteiger partial charge is 0.147 e. The molecule has 1 aromatic carbocycles. The van der Waals surface area contributed by atoms with Crippen LogP contribution in [-0.4, -0.2) is 27.0 Å². The number of nitrogens with two attached hydrogens (primary N) is 1. The van der Waals surface area contributed by atoms with Crippen LogP contribution >= 0.6 is 11.6 Å². The van der Waals surface area contributed by atoms with E-state index in [0.29, 0.717) is 18.9 Å². The van der Waals surface area contributed by atoms with E-state index in [9.17, 15) is 8.42 Å². The fraction of sp³-hybridized carbons (Fsp3) is 0.538. The molecule has 1 aromatic rings. The van der Waals surface area contributed by atoms with Crippen molar-refractivity contribution in [3.63, 3.8) is 0 Å². The van der Waals surface area contributed by atoms with Crippen LogP contribution in [0.15, 0.2) is 24.3 Å². The lowest BCUT2D eigenvalue weighted by Gasteiger charge is -2.14. The molecule has 0 saturated carbocycles. The first kappa shape index (κ1) is 15.5. The van der Waals surface area contributed by atoms with Crippen molar-refractivity contribution in [3.05, 3.63) is 34.9 Å². The molecule has 1 unspecified atom stereocenters. The third kappa shape index (κ3) is 6.38. The first-order valence-electron chi connectivity index (χ1n) is 6.03. The fourth-order valence-corrected chi connectivity index (χ4v) is 2.84. The van der Waals surface area contributed by atoms with Gasteiger partial charge in [0.15, 0.2) is 0 Å². The molecule has 0 aliphatic carbocycles. The summed E-state index contributed by atoms with van der Waals surface area (Å²) in [6, 6.07) is 7.71. The van der Waals surface area contributed by atoms with Crippen LogP contribution in [0.2, 0.25) is 5.02 Å². The summed E-state index contributed by atoms with van der Waals surface area (Å²) in [5.74, 6) is 0.546. The first-order valence-corrected chi connectivity index (χ1v) is 8.47. The summed E-state index contributed by atoms with van der Waals surface area (Å²) in [5.41, 5.74) is 6.88. The highest BCUT2D eigenvalue weighted by Crippen LogP contribution is 2.17. The minimum Gasteiger partial charge on any atom is -0.330 e. The van der Waals surface area contributed by atoms with Crippen molar-refractivity contribution < 1.29 is 8.42 Å². The van der Waals surface area contributed by atoms with E-state index in [0.717, 1.165) is 23.4 Å². The Morgan fingerprint density at radius 3 is 2.67 bits per heavy atom. The predicted octanol–water partition coefficient (Wildman–Crippen LogP) is 2.28. The molecule has 0 aromatic heterocycles. The van der Waals surface area contributed by atoms with Gasteiger partial charge >= 0.3 is 0 Å². The molecule has 0 amide bonds. The highest BCUT2D eigenvalue weighted by atomic mass is 35.5. The summed E-state index contributed by atoms with van der Waals surface area (Å²) < 4.78 is 22.1. The summed E-state index contributed by atoms with van der Waals surface area (Å²) in [7, 11) is -2.87. The number of hydrogen-bond acceptors (Lipinski definition) is 3. The average Bonchev–Trinajstić information content (AvgIpc) is 2.26. The summed E-state index contributed by atoms with van der Waals surface area (Å²) >= 11 is 5.93. The Bertz CT molecular complexity index is 474. The fourth-order valence-electron chi connectivity index (χ4n) is 1.93. The lowest BCUT2D eigenvalue weighted by atomic mass is 9.95. The summed E-state index contributed by atoms with van der Waals surface area (Å²) in [4.78, 5) is 0. The van der Waals surface area contributed by atoms with Gasteiger partial charge < -0.3 is 5.73 Å². The van der Waals surface area contributed by atoms with Crippen molar-refractivity contribution in [1.29, 1.82) is 0 Å². The Morgan fingerprint density at radius 1 is 1.39 bits per heavy atom. The highest BCUT2D eigenvalue weighted by Gasteiger charge is 2.10. The normalized spacial score (nSPS) is 13.5. The number of benzene rings is 1. The average molecular weight is 290 g/mol. The maximum absolute atomic E-state index is 11.1. The summed E-state index contributed by atoms with van der Waals surface area (Å²) in [6.45, 7) is 0.566. The molecule has 0 radical (unpaired) electrons. The highest BCUT2D eigenvalue weighted by molar-refractivity contribution is 7.90. The second kappa shape index (κ2) is 7.12. The Kier molecular flexibility index (Phi) is 6.12. The monoisotopic (exact) mass is 289 g/mol. The second-order valence-electron chi connectivity index (χ2n) is 4.71. The van der Waals surface area contributed by atoms with E-state index >= 15 is 0 Å². The van der Waals surface area contributed by atoms with Crippen LogP contribution in [0.3, 0.4) is 0 Å². The van der Waals surface area contributed by atoms with Gasteiger partial charge in [-0.15, -0.1) is 0 Å². The van der Waals surface area contributed by atoms with Crippen molar-refractivity contribution in [2.75, 3.05) is 18.6 Å². The molecule has 5 heteroatoms. The van der Waals surface area contributed by atoms with Crippen molar-refractivity contribution in [3.8, 4) is 0 Å². The van der Waals surface area contributed by atoms with Crippen LogP contribution in [0, 0.1) is 5.92 Å². The van der Waals surface area contributed by atoms with E-state index in [1.54, 1.807) is 0 Å². The van der Waals surface area contributed by atoms with E-state index in [2.05, 4.69) is 0 Å². The molecule has 0 bridgehead atoms. The number of hydrogen-bond donors (Lipinski definition) is 1. The van der Waals surface area contributed by atoms with Crippen LogP contribution < -0.4 is 5.73 Å². The van der Waals surface area contributed by atoms with Crippen LogP contribution in [0.4, 0.5) is 0 Å². The maximum Gasteiger partial charge on any atom is 0.147 e. The molecule has 1 atom stereocenters. The predicted molar refractivity (Wildman–Crippen MR) is 76.6 cm³/mol. The molecule has 0 spiro atoms. The minimum atomic E-state index is -2.87. The molecule has 2 N–H and O–H groups in total. The largest absolute Gasteiger partial charge is 0.330 e. The van der Waals surface area contributed by atoms with Crippen LogP contribution in [-0.2, 0) is 16.3 Å². The summed E-state index contributed by atoms with van der Waals surface area (Å²) in [6.07, 6.45) is 3.61. The van der Waals surface area contributed by atoms with Crippen molar-refractivity contribution >= 4 is 21.4 Å². The molecular formula is C13H20ClNO2S. The van der Waals surface area contributed by atoms with E-state index < -0.39 is 9.84 Å². The third-order valence-corrected chi connectivity index (χ3v) is 4.14. The molecule has 3 nitrogen and oxygen atoms in total. The number of sulfone groups is 1. The van der Waals surface area contributed by atoms with Gasteiger partial charge in [-0.25, -0.2) is 8.42 Å². The van der Waals surface area contributed by atoms with Gasteiger partial charge in [-0.05, 0) is 49.4 Å². The van der Waals surface area contributed by atoms with Crippen LogP contribution in [0.5, 0.6) is 0 Å². The first-order chi connectivity index (χ1) is 8.40. The Labute approximate surface area is 114 Å². The van der Waals surface area contributed by atoms with Gasteiger partial charge in [-0.3, -0.25) is 0 Å². The molecule has 0 aliphatic heterocycles. The summed E-state index contributed by atoms with van der Waals surface area (Å²) in [5, 5.41) is 0.722. The Balaban J connectivity index is 2.47. The molecule has 0 heterocycles. The number of halogens is 1. The van der Waals surface area contributed by atoms with Crippen LogP contribution in [0.25, 0.3) is 0 Å². The topological polar surface area (TPSA) is 60.2 Å². The van der Waals surface area contributed by atoms with Crippen LogP contribution in [0.1, 0.15) is 18.4 Å². The van der Waals surface area contributed by atoms with Gasteiger partial charge in [0.1, 0.15) is 9.84 Å². The third-order valence-electron chi connectivity index (χ3n) is 2.87. The SMILES string of the molecule is CS(=O)(=O)CCCC(CN)Cc1cccc(Cl)c1. The Hall–Kier alpha value is -0.580. The van der Waals surface area contributed by atoms with Gasteiger partial charge in [0.2, 0.25) is 0 Å². The number of rotatable bonds is 7. The van der Waals surface area contributed by atoms with E-state index in [1.807, 2.05) is 24.3 Å². The van der Waals surface area contributed by atoms with E-state index in [1.165, 1.54) is 6.26 Å². The zero-order valence-corrected chi connectivity index (χ0v) is 12.2. The standard InChI is InChI=1S/C13H20ClNO2S/c1-18(16,17)7-3-5-12(10-15)8-11-4-2-6-13(14)9-11/h2,4,6,9,12H,3,5,7-8,10,15H2,1H3.